The van der Waals surface area contributed by atoms with E-state index >= 15 is 0 Å². The van der Waals surface area contributed by atoms with Gasteiger partial charge in [0.2, 0.25) is 0 Å². The highest BCUT2D eigenvalue weighted by Crippen LogP contribution is 2.06. The van der Waals surface area contributed by atoms with Crippen LogP contribution < -0.4 is 5.32 Å². The van der Waals surface area contributed by atoms with Crippen LogP contribution in [0, 0.1) is 12.7 Å². The number of nitrogens with zero attached hydrogens (tertiary/aromatic N) is 2. The Morgan fingerprint density at radius 1 is 1.28 bits per heavy atom. The van der Waals surface area contributed by atoms with Crippen molar-refractivity contribution in [1.82, 2.24) is 14.9 Å². The van der Waals surface area contributed by atoms with Crippen molar-refractivity contribution in [2.24, 2.45) is 0 Å². The lowest BCUT2D eigenvalue weighted by atomic mass is 10.1. The molecule has 0 saturated heterocycles. The minimum Gasteiger partial charge on any atom is -0.334 e. The van der Waals surface area contributed by atoms with Crippen LogP contribution in [0.25, 0.3) is 0 Å². The molecule has 1 N–H and O–H groups in total. The SMILES string of the molecule is Cc1nccn1CCNCCc1ccccc1F. The molecule has 4 heteroatoms. The van der Waals surface area contributed by atoms with E-state index in [2.05, 4.69) is 14.9 Å². The molecule has 0 saturated carbocycles. The molecule has 0 unspecified atom stereocenters. The third-order valence-corrected chi connectivity index (χ3v) is 2.98. The molecule has 3 nitrogen and oxygen atoms in total. The monoisotopic (exact) mass is 247 g/mol. The maximum atomic E-state index is 13.3. The smallest absolute Gasteiger partial charge is 0.126 e. The van der Waals surface area contributed by atoms with Gasteiger partial charge < -0.3 is 9.88 Å². The van der Waals surface area contributed by atoms with Crippen molar-refractivity contribution in [3.05, 3.63) is 53.9 Å². The van der Waals surface area contributed by atoms with Crippen molar-refractivity contribution in [2.45, 2.75) is 19.9 Å². The first-order valence-corrected chi connectivity index (χ1v) is 6.19. The van der Waals surface area contributed by atoms with Crippen LogP contribution in [0.3, 0.4) is 0 Å². The lowest BCUT2D eigenvalue weighted by molar-refractivity contribution is 0.572. The van der Waals surface area contributed by atoms with Gasteiger partial charge in [0, 0.05) is 25.5 Å². The number of benzene rings is 1. The van der Waals surface area contributed by atoms with E-state index in [4.69, 9.17) is 0 Å². The molecule has 0 fully saturated rings. The summed E-state index contributed by atoms with van der Waals surface area (Å²) < 4.78 is 15.4. The van der Waals surface area contributed by atoms with Crippen LogP contribution in [-0.4, -0.2) is 22.6 Å². The van der Waals surface area contributed by atoms with Gasteiger partial charge in [-0.15, -0.1) is 0 Å². The van der Waals surface area contributed by atoms with E-state index in [1.54, 1.807) is 12.3 Å². The number of rotatable bonds is 6. The molecular formula is C14H18FN3. The Kier molecular flexibility index (Phi) is 4.47. The summed E-state index contributed by atoms with van der Waals surface area (Å²) in [6, 6.07) is 6.92. The van der Waals surface area contributed by atoms with E-state index in [9.17, 15) is 4.39 Å². The summed E-state index contributed by atoms with van der Waals surface area (Å²) >= 11 is 0. The molecular weight excluding hydrogens is 229 g/mol. The molecule has 0 aliphatic rings. The lowest BCUT2D eigenvalue weighted by Gasteiger charge is -2.07. The first-order valence-electron chi connectivity index (χ1n) is 6.19. The van der Waals surface area contributed by atoms with Crippen molar-refractivity contribution >= 4 is 0 Å². The van der Waals surface area contributed by atoms with Gasteiger partial charge in [-0.1, -0.05) is 18.2 Å². The molecule has 1 aromatic heterocycles. The predicted molar refractivity (Wildman–Crippen MR) is 69.9 cm³/mol. The Labute approximate surface area is 107 Å². The van der Waals surface area contributed by atoms with Crippen LogP contribution >= 0.6 is 0 Å². The van der Waals surface area contributed by atoms with Crippen LogP contribution in [-0.2, 0) is 13.0 Å². The van der Waals surface area contributed by atoms with E-state index in [1.165, 1.54) is 6.07 Å². The van der Waals surface area contributed by atoms with E-state index < -0.39 is 0 Å². The molecule has 1 aromatic carbocycles. The third kappa shape index (κ3) is 3.40. The summed E-state index contributed by atoms with van der Waals surface area (Å²) in [7, 11) is 0. The average molecular weight is 247 g/mol. The Morgan fingerprint density at radius 2 is 2.11 bits per heavy atom. The van der Waals surface area contributed by atoms with Crippen LogP contribution in [0.1, 0.15) is 11.4 Å². The van der Waals surface area contributed by atoms with E-state index in [-0.39, 0.29) is 5.82 Å². The molecule has 0 bridgehead atoms. The third-order valence-electron chi connectivity index (χ3n) is 2.98. The molecule has 96 valence electrons. The Hall–Kier alpha value is -1.68. The first kappa shape index (κ1) is 12.8. The number of aromatic nitrogens is 2. The molecule has 0 aliphatic heterocycles. The number of nitrogens with one attached hydrogen (secondary N) is 1. The van der Waals surface area contributed by atoms with Crippen molar-refractivity contribution in [2.75, 3.05) is 13.1 Å². The molecule has 0 atom stereocenters. The fraction of sp³-hybridized carbons (Fsp3) is 0.357. The first-order chi connectivity index (χ1) is 8.77. The van der Waals surface area contributed by atoms with Gasteiger partial charge in [-0.2, -0.15) is 0 Å². The van der Waals surface area contributed by atoms with Gasteiger partial charge >= 0.3 is 0 Å². The minimum atomic E-state index is -0.121. The number of imidazole rings is 1. The number of halogens is 1. The molecule has 0 radical (unpaired) electrons. The minimum absolute atomic E-state index is 0.121. The van der Waals surface area contributed by atoms with Crippen molar-refractivity contribution in [1.29, 1.82) is 0 Å². The van der Waals surface area contributed by atoms with Gasteiger partial charge in [-0.05, 0) is 31.5 Å². The van der Waals surface area contributed by atoms with E-state index in [1.807, 2.05) is 25.3 Å². The second-order valence-electron chi connectivity index (χ2n) is 4.26. The van der Waals surface area contributed by atoms with Crippen LogP contribution in [0.5, 0.6) is 0 Å². The number of hydrogen-bond acceptors (Lipinski definition) is 2. The zero-order valence-electron chi connectivity index (χ0n) is 10.6. The molecule has 2 aromatic rings. The van der Waals surface area contributed by atoms with Crippen molar-refractivity contribution < 1.29 is 4.39 Å². The molecule has 18 heavy (non-hydrogen) atoms. The summed E-state index contributed by atoms with van der Waals surface area (Å²) in [4.78, 5) is 4.16. The Morgan fingerprint density at radius 3 is 2.83 bits per heavy atom. The van der Waals surface area contributed by atoms with Gasteiger partial charge in [-0.25, -0.2) is 9.37 Å². The summed E-state index contributed by atoms with van der Waals surface area (Å²) in [5.74, 6) is 0.899. The van der Waals surface area contributed by atoms with Crippen LogP contribution in [0.2, 0.25) is 0 Å². The zero-order valence-corrected chi connectivity index (χ0v) is 10.6. The molecule has 2 rings (SSSR count). The van der Waals surface area contributed by atoms with Gasteiger partial charge in [0.05, 0.1) is 0 Å². The van der Waals surface area contributed by atoms with Gasteiger partial charge in [0.15, 0.2) is 0 Å². The second-order valence-corrected chi connectivity index (χ2v) is 4.26. The van der Waals surface area contributed by atoms with Gasteiger partial charge in [0.25, 0.3) is 0 Å². The van der Waals surface area contributed by atoms with Crippen molar-refractivity contribution in [3.63, 3.8) is 0 Å². The standard InChI is InChI=1S/C14H18FN3/c1-12-17-9-11-18(12)10-8-16-7-6-13-4-2-3-5-14(13)15/h2-5,9,11,16H,6-8,10H2,1H3. The number of hydrogen-bond donors (Lipinski definition) is 1. The quantitative estimate of drug-likeness (QED) is 0.793. The lowest BCUT2D eigenvalue weighted by Crippen LogP contribution is -2.22. The highest BCUT2D eigenvalue weighted by molar-refractivity contribution is 5.17. The van der Waals surface area contributed by atoms with Crippen LogP contribution in [0.15, 0.2) is 36.7 Å². The highest BCUT2D eigenvalue weighted by Gasteiger charge is 2.00. The van der Waals surface area contributed by atoms with Crippen molar-refractivity contribution in [3.8, 4) is 0 Å². The van der Waals surface area contributed by atoms with Crippen LogP contribution in [0.4, 0.5) is 4.39 Å². The summed E-state index contributed by atoms with van der Waals surface area (Å²) in [5.41, 5.74) is 0.767. The zero-order chi connectivity index (χ0) is 12.8. The molecule has 0 aliphatic carbocycles. The summed E-state index contributed by atoms with van der Waals surface area (Å²) in [5, 5.41) is 3.31. The maximum absolute atomic E-state index is 13.3. The topological polar surface area (TPSA) is 29.9 Å². The Balaban J connectivity index is 1.68. The summed E-state index contributed by atoms with van der Waals surface area (Å²) in [6.07, 6.45) is 4.48. The maximum Gasteiger partial charge on any atom is 0.126 e. The van der Waals surface area contributed by atoms with Gasteiger partial charge in [0.1, 0.15) is 11.6 Å². The molecule has 0 amide bonds. The predicted octanol–water partition coefficient (Wildman–Crippen LogP) is 2.16. The average Bonchev–Trinajstić information content (AvgIpc) is 2.77. The fourth-order valence-electron chi connectivity index (χ4n) is 1.89. The van der Waals surface area contributed by atoms with E-state index in [0.29, 0.717) is 0 Å². The van der Waals surface area contributed by atoms with Gasteiger partial charge in [-0.3, -0.25) is 0 Å². The highest BCUT2D eigenvalue weighted by atomic mass is 19.1. The molecule has 1 heterocycles. The van der Waals surface area contributed by atoms with E-state index in [0.717, 1.165) is 37.4 Å². The Bertz CT molecular complexity index is 493. The normalized spacial score (nSPS) is 10.8. The fourth-order valence-corrected chi connectivity index (χ4v) is 1.89. The second kappa shape index (κ2) is 6.31. The number of aryl methyl sites for hydroxylation is 1. The largest absolute Gasteiger partial charge is 0.334 e. The summed E-state index contributed by atoms with van der Waals surface area (Å²) in [6.45, 7) is 4.53. The molecule has 0 spiro atoms.